The first kappa shape index (κ1) is 21.6. The topological polar surface area (TPSA) is 60.9 Å². The molecule has 4 rings (SSSR count). The summed E-state index contributed by atoms with van der Waals surface area (Å²) in [4.78, 5) is 45.3. The summed E-state index contributed by atoms with van der Waals surface area (Å²) in [5, 5.41) is 0. The maximum atomic E-state index is 13.6. The van der Waals surface area contributed by atoms with Crippen molar-refractivity contribution in [2.75, 3.05) is 31.1 Å². The van der Waals surface area contributed by atoms with Crippen LogP contribution in [0.3, 0.4) is 0 Å². The number of fused-ring (bicyclic) bond motifs is 1. The van der Waals surface area contributed by atoms with Gasteiger partial charge in [0.1, 0.15) is 6.04 Å². The highest BCUT2D eigenvalue weighted by molar-refractivity contribution is 6.08. The zero-order valence-electron chi connectivity index (χ0n) is 18.8. The molecule has 0 spiro atoms. The molecule has 2 saturated heterocycles. The lowest BCUT2D eigenvalue weighted by atomic mass is 9.85. The van der Waals surface area contributed by atoms with E-state index in [4.69, 9.17) is 0 Å². The summed E-state index contributed by atoms with van der Waals surface area (Å²) in [6.45, 7) is 8.89. The van der Waals surface area contributed by atoms with Gasteiger partial charge >= 0.3 is 0 Å². The molecule has 0 radical (unpaired) electrons. The van der Waals surface area contributed by atoms with Gasteiger partial charge in [0, 0.05) is 31.9 Å². The average Bonchev–Trinajstić information content (AvgIpc) is 3.02. The number of imide groups is 1. The number of para-hydroxylation sites is 1. The number of aryl methyl sites for hydroxylation is 1. The zero-order valence-corrected chi connectivity index (χ0v) is 18.8. The number of benzene rings is 1. The van der Waals surface area contributed by atoms with Crippen molar-refractivity contribution in [3.63, 3.8) is 0 Å². The number of carbonyl (C=O) groups is 3. The Hall–Kier alpha value is -2.63. The van der Waals surface area contributed by atoms with Gasteiger partial charge in [-0.1, -0.05) is 44.2 Å². The third-order valence-electron chi connectivity index (χ3n) is 6.88. The molecule has 31 heavy (non-hydrogen) atoms. The molecule has 6 heteroatoms. The lowest BCUT2D eigenvalue weighted by Gasteiger charge is -2.39. The van der Waals surface area contributed by atoms with Crippen LogP contribution in [0.15, 0.2) is 36.4 Å². The standard InChI is InChI=1S/C25H33N3O3/c1-17(2)16-22(28-23(29)19-9-5-6-10-20(19)24(28)30)25(31)27-14-12-26(13-15-27)21-11-7-4-8-18(21)3/h4-8,11,17,19-20,22H,9-10,12-16H2,1-3H3. The Kier molecular flexibility index (Phi) is 6.17. The van der Waals surface area contributed by atoms with Gasteiger partial charge in [-0.3, -0.25) is 19.3 Å². The number of amides is 3. The normalized spacial score (nSPS) is 24.7. The number of likely N-dealkylation sites (tertiary alicyclic amines) is 1. The van der Waals surface area contributed by atoms with Gasteiger partial charge in [-0.05, 0) is 43.7 Å². The third-order valence-corrected chi connectivity index (χ3v) is 6.88. The number of rotatable bonds is 5. The van der Waals surface area contributed by atoms with Crippen LogP contribution < -0.4 is 4.90 Å². The van der Waals surface area contributed by atoms with Gasteiger partial charge in [0.2, 0.25) is 17.7 Å². The summed E-state index contributed by atoms with van der Waals surface area (Å²) in [6.07, 6.45) is 5.69. The number of hydrogen-bond donors (Lipinski definition) is 0. The predicted octanol–water partition coefficient (Wildman–Crippen LogP) is 3.01. The second-order valence-electron chi connectivity index (χ2n) is 9.45. The smallest absolute Gasteiger partial charge is 0.246 e. The van der Waals surface area contributed by atoms with E-state index >= 15 is 0 Å². The van der Waals surface area contributed by atoms with E-state index in [9.17, 15) is 14.4 Å². The molecule has 1 aromatic rings. The maximum Gasteiger partial charge on any atom is 0.246 e. The summed E-state index contributed by atoms with van der Waals surface area (Å²) in [5.74, 6) is -0.764. The Balaban J connectivity index is 1.49. The first-order valence-corrected chi connectivity index (χ1v) is 11.5. The minimum Gasteiger partial charge on any atom is -0.368 e. The van der Waals surface area contributed by atoms with Crippen molar-refractivity contribution in [1.29, 1.82) is 0 Å². The van der Waals surface area contributed by atoms with E-state index in [-0.39, 0.29) is 35.5 Å². The third kappa shape index (κ3) is 4.12. The molecule has 1 aliphatic carbocycles. The lowest BCUT2D eigenvalue weighted by Crippen LogP contribution is -2.56. The highest BCUT2D eigenvalue weighted by atomic mass is 16.2. The molecule has 3 atom stereocenters. The van der Waals surface area contributed by atoms with Crippen LogP contribution in [0.1, 0.15) is 38.7 Å². The van der Waals surface area contributed by atoms with Gasteiger partial charge in [-0.15, -0.1) is 0 Å². The number of nitrogens with zero attached hydrogens (tertiary/aromatic N) is 3. The fourth-order valence-corrected chi connectivity index (χ4v) is 5.19. The Morgan fingerprint density at radius 2 is 1.55 bits per heavy atom. The number of hydrogen-bond acceptors (Lipinski definition) is 4. The minimum atomic E-state index is -0.685. The molecule has 166 valence electrons. The molecule has 6 nitrogen and oxygen atoms in total. The molecule has 0 N–H and O–H groups in total. The van der Waals surface area contributed by atoms with Crippen LogP contribution in [0.5, 0.6) is 0 Å². The van der Waals surface area contributed by atoms with Crippen LogP contribution >= 0.6 is 0 Å². The molecule has 3 amide bonds. The van der Waals surface area contributed by atoms with Crippen molar-refractivity contribution < 1.29 is 14.4 Å². The van der Waals surface area contributed by atoms with Crippen LogP contribution in [0.25, 0.3) is 0 Å². The predicted molar refractivity (Wildman–Crippen MR) is 120 cm³/mol. The second-order valence-corrected chi connectivity index (χ2v) is 9.45. The molecule has 2 aliphatic heterocycles. The summed E-state index contributed by atoms with van der Waals surface area (Å²) >= 11 is 0. The van der Waals surface area contributed by atoms with E-state index in [1.54, 1.807) is 0 Å². The van der Waals surface area contributed by atoms with Gasteiger partial charge in [0.25, 0.3) is 0 Å². The van der Waals surface area contributed by atoms with Crippen molar-refractivity contribution in [3.05, 3.63) is 42.0 Å². The largest absolute Gasteiger partial charge is 0.368 e. The van der Waals surface area contributed by atoms with E-state index in [0.717, 1.165) is 13.1 Å². The summed E-state index contributed by atoms with van der Waals surface area (Å²) in [6, 6.07) is 7.61. The van der Waals surface area contributed by atoms with E-state index < -0.39 is 6.04 Å². The Morgan fingerprint density at radius 3 is 2.10 bits per heavy atom. The molecule has 2 heterocycles. The van der Waals surface area contributed by atoms with Crippen molar-refractivity contribution in [2.24, 2.45) is 17.8 Å². The van der Waals surface area contributed by atoms with Crippen molar-refractivity contribution in [1.82, 2.24) is 9.80 Å². The van der Waals surface area contributed by atoms with Crippen LogP contribution in [0, 0.1) is 24.7 Å². The molecule has 3 unspecified atom stereocenters. The monoisotopic (exact) mass is 423 g/mol. The van der Waals surface area contributed by atoms with Crippen molar-refractivity contribution in [2.45, 2.75) is 46.1 Å². The summed E-state index contributed by atoms with van der Waals surface area (Å²) < 4.78 is 0. The van der Waals surface area contributed by atoms with Crippen LogP contribution in [0.4, 0.5) is 5.69 Å². The zero-order chi connectivity index (χ0) is 22.1. The highest BCUT2D eigenvalue weighted by Crippen LogP contribution is 2.37. The van der Waals surface area contributed by atoms with Gasteiger partial charge in [0.15, 0.2) is 0 Å². The fraction of sp³-hybridized carbons (Fsp3) is 0.560. The fourth-order valence-electron chi connectivity index (χ4n) is 5.19. The summed E-state index contributed by atoms with van der Waals surface area (Å²) in [5.41, 5.74) is 2.43. The molecule has 1 aromatic carbocycles. The summed E-state index contributed by atoms with van der Waals surface area (Å²) in [7, 11) is 0. The van der Waals surface area contributed by atoms with E-state index in [1.807, 2.05) is 43.0 Å². The first-order chi connectivity index (χ1) is 14.9. The van der Waals surface area contributed by atoms with Crippen molar-refractivity contribution in [3.8, 4) is 0 Å². The Labute approximate surface area is 184 Å². The minimum absolute atomic E-state index is 0.0774. The van der Waals surface area contributed by atoms with Gasteiger partial charge in [-0.25, -0.2) is 0 Å². The van der Waals surface area contributed by atoms with Gasteiger partial charge < -0.3 is 9.80 Å². The molecule has 0 aromatic heterocycles. The molecule has 2 fully saturated rings. The maximum absolute atomic E-state index is 13.6. The average molecular weight is 424 g/mol. The van der Waals surface area contributed by atoms with E-state index in [1.165, 1.54) is 16.2 Å². The molecule has 0 bridgehead atoms. The number of anilines is 1. The van der Waals surface area contributed by atoms with Crippen molar-refractivity contribution >= 4 is 23.4 Å². The Morgan fingerprint density at radius 1 is 0.968 bits per heavy atom. The Bertz CT molecular complexity index is 860. The molecular weight excluding hydrogens is 390 g/mol. The van der Waals surface area contributed by atoms with Crippen LogP contribution in [-0.2, 0) is 14.4 Å². The first-order valence-electron chi connectivity index (χ1n) is 11.5. The van der Waals surface area contributed by atoms with Gasteiger partial charge in [0.05, 0.1) is 11.8 Å². The van der Waals surface area contributed by atoms with Crippen LogP contribution in [-0.4, -0.2) is 59.7 Å². The van der Waals surface area contributed by atoms with Gasteiger partial charge in [-0.2, -0.15) is 0 Å². The quantitative estimate of drug-likeness (QED) is 0.540. The highest BCUT2D eigenvalue weighted by Gasteiger charge is 2.51. The van der Waals surface area contributed by atoms with Crippen LogP contribution in [0.2, 0.25) is 0 Å². The SMILES string of the molecule is Cc1ccccc1N1CCN(C(=O)C(CC(C)C)N2C(=O)C3CC=CCC3C2=O)CC1. The van der Waals surface area contributed by atoms with E-state index in [0.29, 0.717) is 32.4 Å². The molecule has 3 aliphatic rings. The number of piperazine rings is 1. The second kappa shape index (κ2) is 8.85. The number of allylic oxidation sites excluding steroid dienone is 2. The lowest BCUT2D eigenvalue weighted by molar-refractivity contribution is -0.152. The van der Waals surface area contributed by atoms with E-state index in [2.05, 4.69) is 24.0 Å². The molecule has 0 saturated carbocycles. The number of carbonyl (C=O) groups excluding carboxylic acids is 3. The molecular formula is C25H33N3O3.